The predicted molar refractivity (Wildman–Crippen MR) is 110 cm³/mol. The molecular formula is C20H23BrN2O3S. The van der Waals surface area contributed by atoms with Crippen molar-refractivity contribution in [3.63, 3.8) is 0 Å². The van der Waals surface area contributed by atoms with Crippen LogP contribution in [-0.4, -0.2) is 31.7 Å². The maximum Gasteiger partial charge on any atom is 0.243 e. The molecule has 0 radical (unpaired) electrons. The number of amides is 1. The Morgan fingerprint density at radius 1 is 1.15 bits per heavy atom. The minimum atomic E-state index is -3.59. The fourth-order valence-electron chi connectivity index (χ4n) is 3.20. The molecule has 1 heterocycles. The van der Waals surface area contributed by atoms with Gasteiger partial charge in [0.2, 0.25) is 15.9 Å². The van der Waals surface area contributed by atoms with Crippen molar-refractivity contribution in [3.8, 4) is 0 Å². The van der Waals surface area contributed by atoms with Crippen LogP contribution in [-0.2, 0) is 21.2 Å². The average molecular weight is 451 g/mol. The molecule has 5 nitrogen and oxygen atoms in total. The molecule has 0 bridgehead atoms. The summed E-state index contributed by atoms with van der Waals surface area (Å²) in [5, 5.41) is 2.92. The maximum absolute atomic E-state index is 12.9. The van der Waals surface area contributed by atoms with Gasteiger partial charge in [-0.15, -0.1) is 0 Å². The van der Waals surface area contributed by atoms with Gasteiger partial charge in [-0.25, -0.2) is 8.42 Å². The SMILES string of the molecule is CCc1ccc(NC(=O)[C@H]2CCCN(S(=O)(=O)c3ccc(Br)cc3)C2)cc1. The van der Waals surface area contributed by atoms with Gasteiger partial charge in [0.15, 0.2) is 0 Å². The van der Waals surface area contributed by atoms with Crippen LogP contribution in [0.4, 0.5) is 5.69 Å². The lowest BCUT2D eigenvalue weighted by molar-refractivity contribution is -0.120. The van der Waals surface area contributed by atoms with Crippen molar-refractivity contribution in [2.75, 3.05) is 18.4 Å². The molecule has 3 rings (SSSR count). The zero-order valence-electron chi connectivity index (χ0n) is 15.2. The first-order chi connectivity index (χ1) is 12.9. The summed E-state index contributed by atoms with van der Waals surface area (Å²) in [5.74, 6) is -0.482. The highest BCUT2D eigenvalue weighted by Crippen LogP contribution is 2.25. The molecular weight excluding hydrogens is 428 g/mol. The molecule has 0 unspecified atom stereocenters. The lowest BCUT2D eigenvalue weighted by Gasteiger charge is -2.31. The Hall–Kier alpha value is -1.70. The number of benzene rings is 2. The van der Waals surface area contributed by atoms with E-state index in [9.17, 15) is 13.2 Å². The summed E-state index contributed by atoms with van der Waals surface area (Å²) in [7, 11) is -3.59. The van der Waals surface area contributed by atoms with Gasteiger partial charge in [-0.1, -0.05) is 35.0 Å². The molecule has 1 N–H and O–H groups in total. The van der Waals surface area contributed by atoms with E-state index in [1.165, 1.54) is 9.87 Å². The molecule has 2 aromatic rings. The molecule has 0 aromatic heterocycles. The van der Waals surface area contributed by atoms with E-state index in [1.54, 1.807) is 24.3 Å². The topological polar surface area (TPSA) is 66.5 Å². The van der Waals surface area contributed by atoms with Crippen LogP contribution in [0.25, 0.3) is 0 Å². The molecule has 1 amide bonds. The van der Waals surface area contributed by atoms with E-state index in [0.29, 0.717) is 19.4 Å². The molecule has 1 atom stereocenters. The van der Waals surface area contributed by atoms with E-state index in [0.717, 1.165) is 16.6 Å². The number of aryl methyl sites for hydroxylation is 1. The lowest BCUT2D eigenvalue weighted by atomic mass is 9.98. The van der Waals surface area contributed by atoms with Gasteiger partial charge in [0, 0.05) is 23.2 Å². The number of carbonyl (C=O) groups excluding carboxylic acids is 1. The predicted octanol–water partition coefficient (Wildman–Crippen LogP) is 4.05. The van der Waals surface area contributed by atoms with Crippen molar-refractivity contribution in [1.82, 2.24) is 4.31 Å². The van der Waals surface area contributed by atoms with Gasteiger partial charge in [-0.3, -0.25) is 4.79 Å². The third-order valence-corrected chi connectivity index (χ3v) is 7.24. The fraction of sp³-hybridized carbons (Fsp3) is 0.350. The zero-order chi connectivity index (χ0) is 19.4. The summed E-state index contributed by atoms with van der Waals surface area (Å²) in [6.45, 7) is 2.72. The first kappa shape index (κ1) is 20.0. The first-order valence-electron chi connectivity index (χ1n) is 9.05. The van der Waals surface area contributed by atoms with Crippen molar-refractivity contribution in [2.45, 2.75) is 31.1 Å². The third-order valence-electron chi connectivity index (χ3n) is 4.84. The molecule has 2 aromatic carbocycles. The van der Waals surface area contributed by atoms with Gasteiger partial charge in [0.05, 0.1) is 10.8 Å². The number of sulfonamides is 1. The second kappa shape index (κ2) is 8.54. The molecule has 0 spiro atoms. The second-order valence-corrected chi connectivity index (χ2v) is 9.55. The number of nitrogens with one attached hydrogen (secondary N) is 1. The maximum atomic E-state index is 12.9. The highest BCUT2D eigenvalue weighted by atomic mass is 79.9. The standard InChI is InChI=1S/C20H23BrN2O3S/c1-2-15-5-9-18(10-6-15)22-20(24)16-4-3-13-23(14-16)27(25,26)19-11-7-17(21)8-12-19/h5-12,16H,2-4,13-14H2,1H3,(H,22,24)/t16-/m0/s1. The molecule has 7 heteroatoms. The number of nitrogens with zero attached hydrogens (tertiary/aromatic N) is 1. The molecule has 1 aliphatic heterocycles. The molecule has 1 aliphatic rings. The van der Waals surface area contributed by atoms with Gasteiger partial charge in [-0.2, -0.15) is 4.31 Å². The van der Waals surface area contributed by atoms with Crippen LogP contribution in [0, 0.1) is 5.92 Å². The number of anilines is 1. The lowest BCUT2D eigenvalue weighted by Crippen LogP contribution is -2.43. The summed E-state index contributed by atoms with van der Waals surface area (Å²) < 4.78 is 28.0. The van der Waals surface area contributed by atoms with Crippen LogP contribution < -0.4 is 5.32 Å². The zero-order valence-corrected chi connectivity index (χ0v) is 17.6. The highest BCUT2D eigenvalue weighted by molar-refractivity contribution is 9.10. The molecule has 27 heavy (non-hydrogen) atoms. The Kier molecular flexibility index (Phi) is 6.34. The van der Waals surface area contributed by atoms with E-state index in [2.05, 4.69) is 28.2 Å². The Labute approximate surface area is 169 Å². The van der Waals surface area contributed by atoms with Crippen molar-refractivity contribution < 1.29 is 13.2 Å². The number of hydrogen-bond donors (Lipinski definition) is 1. The van der Waals surface area contributed by atoms with E-state index in [1.807, 2.05) is 24.3 Å². The number of piperidine rings is 1. The van der Waals surface area contributed by atoms with Crippen LogP contribution >= 0.6 is 15.9 Å². The third kappa shape index (κ3) is 4.78. The quantitative estimate of drug-likeness (QED) is 0.746. The van der Waals surface area contributed by atoms with Crippen LogP contribution in [0.5, 0.6) is 0 Å². The molecule has 144 valence electrons. The van der Waals surface area contributed by atoms with Crippen molar-refractivity contribution in [1.29, 1.82) is 0 Å². The van der Waals surface area contributed by atoms with Crippen LogP contribution in [0.3, 0.4) is 0 Å². The largest absolute Gasteiger partial charge is 0.326 e. The van der Waals surface area contributed by atoms with Crippen LogP contribution in [0.2, 0.25) is 0 Å². The minimum absolute atomic E-state index is 0.130. The highest BCUT2D eigenvalue weighted by Gasteiger charge is 2.33. The monoisotopic (exact) mass is 450 g/mol. The van der Waals surface area contributed by atoms with Gasteiger partial charge >= 0.3 is 0 Å². The van der Waals surface area contributed by atoms with E-state index < -0.39 is 10.0 Å². The van der Waals surface area contributed by atoms with E-state index in [4.69, 9.17) is 0 Å². The summed E-state index contributed by atoms with van der Waals surface area (Å²) in [5.41, 5.74) is 1.95. The summed E-state index contributed by atoms with van der Waals surface area (Å²) in [6, 6.07) is 14.3. The number of rotatable bonds is 5. The van der Waals surface area contributed by atoms with Crippen LogP contribution in [0.15, 0.2) is 57.9 Å². The number of hydrogen-bond acceptors (Lipinski definition) is 3. The summed E-state index contributed by atoms with van der Waals surface area (Å²) >= 11 is 3.32. The van der Waals surface area contributed by atoms with Gasteiger partial charge in [-0.05, 0) is 61.2 Å². The van der Waals surface area contributed by atoms with Crippen molar-refractivity contribution in [2.24, 2.45) is 5.92 Å². The summed E-state index contributed by atoms with van der Waals surface area (Å²) in [4.78, 5) is 12.9. The van der Waals surface area contributed by atoms with E-state index in [-0.39, 0.29) is 23.3 Å². The summed E-state index contributed by atoms with van der Waals surface area (Å²) in [6.07, 6.45) is 2.30. The Morgan fingerprint density at radius 3 is 2.44 bits per heavy atom. The fourth-order valence-corrected chi connectivity index (χ4v) is 4.99. The molecule has 0 saturated carbocycles. The smallest absolute Gasteiger partial charge is 0.243 e. The van der Waals surface area contributed by atoms with Gasteiger partial charge in [0.25, 0.3) is 0 Å². The Bertz CT molecular complexity index is 896. The minimum Gasteiger partial charge on any atom is -0.326 e. The number of carbonyl (C=O) groups is 1. The molecule has 0 aliphatic carbocycles. The van der Waals surface area contributed by atoms with E-state index >= 15 is 0 Å². The molecule has 1 fully saturated rings. The normalized spacial score (nSPS) is 18.2. The second-order valence-electron chi connectivity index (χ2n) is 6.70. The Morgan fingerprint density at radius 2 is 1.81 bits per heavy atom. The van der Waals surface area contributed by atoms with Crippen LogP contribution in [0.1, 0.15) is 25.3 Å². The average Bonchev–Trinajstić information content (AvgIpc) is 2.69. The number of halogens is 1. The van der Waals surface area contributed by atoms with Gasteiger partial charge in [0.1, 0.15) is 0 Å². The van der Waals surface area contributed by atoms with Gasteiger partial charge < -0.3 is 5.32 Å². The first-order valence-corrected chi connectivity index (χ1v) is 11.3. The Balaban J connectivity index is 1.69. The van der Waals surface area contributed by atoms with Crippen molar-refractivity contribution in [3.05, 3.63) is 58.6 Å². The van der Waals surface area contributed by atoms with Crippen molar-refractivity contribution >= 4 is 37.5 Å². The molecule has 1 saturated heterocycles.